The van der Waals surface area contributed by atoms with Crippen LogP contribution in [0.4, 0.5) is 0 Å². The first-order valence-corrected chi connectivity index (χ1v) is 5.79. The van der Waals surface area contributed by atoms with Crippen molar-refractivity contribution in [1.82, 2.24) is 10.3 Å². The van der Waals surface area contributed by atoms with Crippen LogP contribution in [-0.4, -0.2) is 11.0 Å². The third kappa shape index (κ3) is 1.65. The minimum absolute atomic E-state index is 0.790. The molecule has 0 atom stereocenters. The van der Waals surface area contributed by atoms with E-state index in [1.807, 2.05) is 23.7 Å². The lowest BCUT2D eigenvalue weighted by Gasteiger charge is -1.97. The molecule has 0 aliphatic heterocycles. The zero-order valence-electron chi connectivity index (χ0n) is 7.86. The standard InChI is InChI=1S/C11H12N2S/c1-2-9(1)13-7-10-5-8-6-12-4-3-11(8)14-10/h3-6,9,13H,1-2,7H2. The van der Waals surface area contributed by atoms with Gasteiger partial charge < -0.3 is 5.32 Å². The third-order valence-electron chi connectivity index (χ3n) is 2.51. The highest BCUT2D eigenvalue weighted by Gasteiger charge is 2.20. The fraction of sp³-hybridized carbons (Fsp3) is 0.364. The molecule has 0 aromatic carbocycles. The molecule has 0 bridgehead atoms. The Kier molecular flexibility index (Phi) is 2.00. The summed E-state index contributed by atoms with van der Waals surface area (Å²) in [5, 5.41) is 4.79. The molecular weight excluding hydrogens is 192 g/mol. The molecule has 1 saturated carbocycles. The van der Waals surface area contributed by atoms with Gasteiger partial charge in [-0.15, -0.1) is 11.3 Å². The van der Waals surface area contributed by atoms with Gasteiger partial charge in [0.2, 0.25) is 0 Å². The first-order valence-electron chi connectivity index (χ1n) is 4.97. The molecular formula is C11H12N2S. The molecule has 72 valence electrons. The van der Waals surface area contributed by atoms with Gasteiger partial charge in [-0.1, -0.05) is 0 Å². The predicted molar refractivity (Wildman–Crippen MR) is 59.5 cm³/mol. The van der Waals surface area contributed by atoms with Gasteiger partial charge in [0, 0.05) is 39.9 Å². The molecule has 1 aliphatic carbocycles. The molecule has 2 nitrogen and oxygen atoms in total. The summed E-state index contributed by atoms with van der Waals surface area (Å²) >= 11 is 1.86. The molecule has 3 heteroatoms. The van der Waals surface area contributed by atoms with E-state index in [0.717, 1.165) is 12.6 Å². The van der Waals surface area contributed by atoms with Crippen molar-refractivity contribution in [1.29, 1.82) is 0 Å². The van der Waals surface area contributed by atoms with Gasteiger partial charge in [-0.05, 0) is 25.0 Å². The van der Waals surface area contributed by atoms with E-state index in [0.29, 0.717) is 0 Å². The Labute approximate surface area is 87.0 Å². The summed E-state index contributed by atoms with van der Waals surface area (Å²) < 4.78 is 1.34. The van der Waals surface area contributed by atoms with Crippen molar-refractivity contribution in [2.24, 2.45) is 0 Å². The lowest BCUT2D eigenvalue weighted by atomic mass is 10.3. The Hall–Kier alpha value is -0.930. The van der Waals surface area contributed by atoms with Crippen LogP contribution < -0.4 is 5.32 Å². The van der Waals surface area contributed by atoms with Gasteiger partial charge in [0.15, 0.2) is 0 Å². The molecule has 1 fully saturated rings. The quantitative estimate of drug-likeness (QED) is 0.831. The smallest absolute Gasteiger partial charge is 0.0376 e. The van der Waals surface area contributed by atoms with Crippen LogP contribution in [0.3, 0.4) is 0 Å². The van der Waals surface area contributed by atoms with Crippen molar-refractivity contribution in [3.05, 3.63) is 29.4 Å². The summed E-state index contributed by atoms with van der Waals surface area (Å²) in [7, 11) is 0. The lowest BCUT2D eigenvalue weighted by Crippen LogP contribution is -2.14. The summed E-state index contributed by atoms with van der Waals surface area (Å²) in [6.45, 7) is 1.02. The summed E-state index contributed by atoms with van der Waals surface area (Å²) in [4.78, 5) is 5.54. The molecule has 2 aromatic heterocycles. The molecule has 0 unspecified atom stereocenters. The Bertz CT molecular complexity index is 412. The van der Waals surface area contributed by atoms with Crippen molar-refractivity contribution < 1.29 is 0 Å². The number of fused-ring (bicyclic) bond motifs is 1. The van der Waals surface area contributed by atoms with Crippen LogP contribution in [0.1, 0.15) is 17.7 Å². The van der Waals surface area contributed by atoms with Crippen molar-refractivity contribution in [2.75, 3.05) is 0 Å². The molecule has 1 N–H and O–H groups in total. The number of nitrogens with zero attached hydrogens (tertiary/aromatic N) is 1. The van der Waals surface area contributed by atoms with E-state index >= 15 is 0 Å². The molecule has 0 spiro atoms. The summed E-state index contributed by atoms with van der Waals surface area (Å²) in [6, 6.07) is 5.11. The van der Waals surface area contributed by atoms with E-state index in [9.17, 15) is 0 Å². The maximum absolute atomic E-state index is 4.12. The lowest BCUT2D eigenvalue weighted by molar-refractivity contribution is 0.695. The second kappa shape index (κ2) is 3.33. The number of rotatable bonds is 3. The summed E-state index contributed by atoms with van der Waals surface area (Å²) in [5.41, 5.74) is 0. The van der Waals surface area contributed by atoms with Crippen LogP contribution in [0.2, 0.25) is 0 Å². The fourth-order valence-corrected chi connectivity index (χ4v) is 2.54. The average molecular weight is 204 g/mol. The highest BCUT2D eigenvalue weighted by atomic mass is 32.1. The normalized spacial score (nSPS) is 16.3. The van der Waals surface area contributed by atoms with Crippen LogP contribution in [0, 0.1) is 0 Å². The van der Waals surface area contributed by atoms with Gasteiger partial charge in [-0.2, -0.15) is 0 Å². The van der Waals surface area contributed by atoms with Crippen LogP contribution in [0.15, 0.2) is 24.5 Å². The Morgan fingerprint density at radius 1 is 1.50 bits per heavy atom. The Morgan fingerprint density at radius 2 is 2.43 bits per heavy atom. The van der Waals surface area contributed by atoms with Gasteiger partial charge in [-0.25, -0.2) is 0 Å². The highest BCUT2D eigenvalue weighted by Crippen LogP contribution is 2.25. The van der Waals surface area contributed by atoms with Crippen LogP contribution in [0.25, 0.3) is 10.1 Å². The van der Waals surface area contributed by atoms with Crippen LogP contribution in [-0.2, 0) is 6.54 Å². The van der Waals surface area contributed by atoms with Crippen molar-refractivity contribution >= 4 is 21.4 Å². The fourth-order valence-electron chi connectivity index (χ4n) is 1.56. The van der Waals surface area contributed by atoms with Crippen molar-refractivity contribution in [3.63, 3.8) is 0 Å². The number of pyridine rings is 1. The largest absolute Gasteiger partial charge is 0.309 e. The van der Waals surface area contributed by atoms with Gasteiger partial charge in [-0.3, -0.25) is 4.98 Å². The Balaban J connectivity index is 1.82. The average Bonchev–Trinajstić information content (AvgIpc) is 2.94. The molecule has 0 radical (unpaired) electrons. The second-order valence-corrected chi connectivity index (χ2v) is 4.95. The zero-order chi connectivity index (χ0) is 9.38. The molecule has 2 heterocycles. The van der Waals surface area contributed by atoms with E-state index in [1.165, 1.54) is 27.8 Å². The highest BCUT2D eigenvalue weighted by molar-refractivity contribution is 7.19. The van der Waals surface area contributed by atoms with E-state index in [-0.39, 0.29) is 0 Å². The molecule has 2 aromatic rings. The number of aromatic nitrogens is 1. The first kappa shape index (κ1) is 8.38. The van der Waals surface area contributed by atoms with Crippen molar-refractivity contribution in [3.8, 4) is 0 Å². The van der Waals surface area contributed by atoms with Gasteiger partial charge >= 0.3 is 0 Å². The number of nitrogens with one attached hydrogen (secondary N) is 1. The zero-order valence-corrected chi connectivity index (χ0v) is 8.68. The predicted octanol–water partition coefficient (Wildman–Crippen LogP) is 2.55. The number of thiophene rings is 1. The summed E-state index contributed by atoms with van der Waals surface area (Å²) in [6.07, 6.45) is 6.50. The van der Waals surface area contributed by atoms with E-state index in [4.69, 9.17) is 0 Å². The molecule has 14 heavy (non-hydrogen) atoms. The van der Waals surface area contributed by atoms with E-state index in [2.05, 4.69) is 22.4 Å². The number of hydrogen-bond donors (Lipinski definition) is 1. The maximum atomic E-state index is 4.12. The van der Waals surface area contributed by atoms with Gasteiger partial charge in [0.25, 0.3) is 0 Å². The number of hydrogen-bond acceptors (Lipinski definition) is 3. The van der Waals surface area contributed by atoms with E-state index < -0.39 is 0 Å². The first-order chi connectivity index (χ1) is 6.92. The third-order valence-corrected chi connectivity index (χ3v) is 3.63. The molecule has 1 aliphatic rings. The SMILES string of the molecule is c1cc2sc(CNC3CC3)cc2cn1. The van der Waals surface area contributed by atoms with Crippen LogP contribution >= 0.6 is 11.3 Å². The minimum atomic E-state index is 0.790. The summed E-state index contributed by atoms with van der Waals surface area (Å²) in [5.74, 6) is 0. The Morgan fingerprint density at radius 3 is 3.21 bits per heavy atom. The monoisotopic (exact) mass is 204 g/mol. The van der Waals surface area contributed by atoms with E-state index in [1.54, 1.807) is 0 Å². The molecule has 0 amide bonds. The minimum Gasteiger partial charge on any atom is -0.309 e. The topological polar surface area (TPSA) is 24.9 Å². The molecule has 0 saturated heterocycles. The second-order valence-electron chi connectivity index (χ2n) is 3.78. The van der Waals surface area contributed by atoms with Crippen molar-refractivity contribution in [2.45, 2.75) is 25.4 Å². The van der Waals surface area contributed by atoms with Gasteiger partial charge in [0.05, 0.1) is 0 Å². The maximum Gasteiger partial charge on any atom is 0.0376 e. The van der Waals surface area contributed by atoms with Crippen LogP contribution in [0.5, 0.6) is 0 Å². The molecule has 3 rings (SSSR count). The van der Waals surface area contributed by atoms with Gasteiger partial charge in [0.1, 0.15) is 0 Å².